The zero-order valence-corrected chi connectivity index (χ0v) is 75.8. The van der Waals surface area contributed by atoms with E-state index in [1.807, 2.05) is 30.7 Å². The minimum atomic E-state index is -5.00. The average Bonchev–Trinajstić information content (AvgIpc) is 1.58. The molecule has 0 bridgehead atoms. The summed E-state index contributed by atoms with van der Waals surface area (Å²) in [5.41, 5.74) is 21.3. The van der Waals surface area contributed by atoms with E-state index in [1.54, 1.807) is 193 Å². The number of ketones is 1. The van der Waals surface area contributed by atoms with Crippen LogP contribution >= 0.6 is 46.4 Å². The summed E-state index contributed by atoms with van der Waals surface area (Å²) in [6, 6.07) is 30.2. The van der Waals surface area contributed by atoms with Crippen LogP contribution in [-0.2, 0) is 79.5 Å². The molecular weight excluding hydrogens is 1810 g/mol. The van der Waals surface area contributed by atoms with Crippen molar-refractivity contribution in [2.45, 2.75) is 116 Å². The number of Topliss-reactive ketones (excluding diaryl/α,β-unsaturated/α-hetero) is 1. The molecule has 0 saturated carbocycles. The summed E-state index contributed by atoms with van der Waals surface area (Å²) < 4.78 is 173. The number of sulfone groups is 3. The summed E-state index contributed by atoms with van der Waals surface area (Å²) in [7, 11) is -0.752. The van der Waals surface area contributed by atoms with Crippen molar-refractivity contribution < 1.29 is 75.4 Å². The third kappa shape index (κ3) is 25.7. The number of aryl methyl sites for hydroxylation is 4. The fraction of sp³-hybridized carbons (Fsp3) is 0.289. The van der Waals surface area contributed by atoms with Gasteiger partial charge in [0.15, 0.2) is 47.0 Å². The largest absolute Gasteiger partial charge is 0.495 e. The molecular formula is C83H90Cl4F6N20O11S3. The van der Waals surface area contributed by atoms with Crippen molar-refractivity contribution in [2.24, 2.45) is 26.9 Å². The van der Waals surface area contributed by atoms with Crippen LogP contribution in [0.4, 0.5) is 89.8 Å². The van der Waals surface area contributed by atoms with Gasteiger partial charge in [-0.1, -0.05) is 71.2 Å². The number of amides is 1. The number of para-hydroxylation sites is 3. The Morgan fingerprint density at radius 2 is 0.811 bits per heavy atom. The third-order valence-corrected chi connectivity index (χ3v) is 26.4. The number of alkyl halides is 6. The number of anilines is 11. The smallest absolute Gasteiger partial charge is 0.471 e. The van der Waals surface area contributed by atoms with Crippen LogP contribution in [0, 0.1) is 0 Å². The first-order valence-electron chi connectivity index (χ1n) is 38.5. The van der Waals surface area contributed by atoms with Gasteiger partial charge in [-0.2, -0.15) is 56.6 Å². The van der Waals surface area contributed by atoms with Crippen molar-refractivity contribution in [3.8, 4) is 50.6 Å². The van der Waals surface area contributed by atoms with Crippen LogP contribution < -0.4 is 57.6 Å². The molecule has 10 N–H and O–H groups in total. The second-order valence-corrected chi connectivity index (χ2v) is 37.7. The third-order valence-electron chi connectivity index (χ3n) is 18.8. The number of benzene rings is 6. The number of carbonyl (C=O) groups excluding carboxylic acids is 2. The number of aromatic nitrogens is 12. The Bertz CT molecular complexity index is 6290. The normalized spacial score (nSPS) is 11.7. The second kappa shape index (κ2) is 43.0. The molecule has 0 spiro atoms. The molecule has 1 amide bonds. The molecule has 0 aliphatic rings. The van der Waals surface area contributed by atoms with Gasteiger partial charge in [0.2, 0.25) is 23.0 Å². The highest BCUT2D eigenvalue weighted by atomic mass is 35.5. The van der Waals surface area contributed by atoms with Gasteiger partial charge in [-0.3, -0.25) is 23.6 Å². The molecule has 0 unspecified atom stereocenters. The number of rotatable bonds is 31. The van der Waals surface area contributed by atoms with Gasteiger partial charge in [-0.05, 0) is 192 Å². The van der Waals surface area contributed by atoms with Crippen LogP contribution in [0.5, 0.6) is 17.2 Å². The zero-order valence-electron chi connectivity index (χ0n) is 70.3. The molecule has 0 radical (unpaired) electrons. The Hall–Kier alpha value is -11.9. The molecule has 44 heteroatoms. The van der Waals surface area contributed by atoms with Gasteiger partial charge in [0.1, 0.15) is 32.3 Å². The van der Waals surface area contributed by atoms with Crippen molar-refractivity contribution in [1.82, 2.24) is 64.6 Å². The van der Waals surface area contributed by atoms with Crippen LogP contribution in [0.15, 0.2) is 180 Å². The molecule has 12 aromatic rings. The highest BCUT2D eigenvalue weighted by molar-refractivity contribution is 7.92. The molecule has 0 saturated heterocycles. The van der Waals surface area contributed by atoms with Crippen molar-refractivity contribution in [2.75, 3.05) is 66.7 Å². The van der Waals surface area contributed by atoms with Gasteiger partial charge in [-0.25, -0.2) is 40.2 Å². The summed E-state index contributed by atoms with van der Waals surface area (Å²) in [4.78, 5) is 47.9. The van der Waals surface area contributed by atoms with E-state index in [0.29, 0.717) is 81.8 Å². The Kier molecular flexibility index (Phi) is 33.5. The Morgan fingerprint density at radius 3 is 1.16 bits per heavy atom. The maximum absolute atomic E-state index is 12.9. The SMILES string of the molecule is CC(C)S(=O)(=O)c1ccccc1Nc1nc(Cl)ncc1Cl.COc1cc(-c2cnn(C)c2)c(CCCC(=O)C(F)(F)F)cc1N.COc1cc(-c2cnn(C)c2)c(CCN)cc1Nc1ncc(Cl)c(Nc2ccccc2S(=O)(=O)C(C)C)n1.COc1cc(-c2cnn(C)c2)c(CCNC(=O)C(F)(F)F)cc1Nc1ncc(Cl)c(Nc2ccccc2S(=O)(=O)C(C)C)n1. The molecule has 0 aliphatic carbocycles. The zero-order chi connectivity index (χ0) is 93.2. The van der Waals surface area contributed by atoms with E-state index in [4.69, 9.17) is 72.1 Å². The molecule has 12 rings (SSSR count). The van der Waals surface area contributed by atoms with E-state index < -0.39 is 75.7 Å². The lowest BCUT2D eigenvalue weighted by molar-refractivity contribution is -0.173. The number of halogens is 10. The first-order chi connectivity index (χ1) is 59.9. The van der Waals surface area contributed by atoms with E-state index in [2.05, 4.69) is 71.8 Å². The highest BCUT2D eigenvalue weighted by Crippen LogP contribution is 2.42. The maximum Gasteiger partial charge on any atom is 0.471 e. The van der Waals surface area contributed by atoms with Crippen LogP contribution in [0.2, 0.25) is 20.4 Å². The Balaban J connectivity index is 0.000000199. The number of carbonyl (C=O) groups is 2. The molecule has 676 valence electrons. The minimum Gasteiger partial charge on any atom is -0.495 e. The Labute approximate surface area is 748 Å². The van der Waals surface area contributed by atoms with E-state index >= 15 is 0 Å². The fourth-order valence-electron chi connectivity index (χ4n) is 12.2. The molecule has 0 fully saturated rings. The lowest BCUT2D eigenvalue weighted by Gasteiger charge is -2.17. The molecule has 0 aliphatic heterocycles. The summed E-state index contributed by atoms with van der Waals surface area (Å²) >= 11 is 24.4. The standard InChI is InChI=1S/C28H29ClF3N7O4S.C26H30ClN7O3S.C16H18F3N3O2.C13H13Cl2N3O2S/c1-16(2)44(41,42)24-8-6-5-7-21(24)36-25-20(29)14-34-27(38-25)37-22-11-17(9-10-33-26(40)28(30,31)32)19(12-23(22)43-4)18-13-35-39(3)15-18;1-16(2)38(35,36)24-8-6-5-7-21(24)31-25-20(27)14-29-26(33-25)32-22-11-17(9-10-28)19(12-23(22)37-4)18-13-30-34(3)15-18;1-22-9-11(8-21-22)12-7-14(24-2)13(20)6-10(12)4-3-5-15(23)16(17,18)19;1-8(2)21(19,20)11-6-4-3-5-10(11)17-12-9(14)7-16-13(15)18-12/h5-8,11-16H,9-10H2,1-4H3,(H,33,40)(H2,34,36,37,38);5-8,11-16H,9-10,28H2,1-4H3,(H2,29,31,32,33);6-9H,3-5,20H2,1-2H3;3-8H,1-2H3,(H,16,17,18). The molecule has 127 heavy (non-hydrogen) atoms. The average molecular weight is 1900 g/mol. The van der Waals surface area contributed by atoms with E-state index in [9.17, 15) is 61.2 Å². The van der Waals surface area contributed by atoms with Gasteiger partial charge >= 0.3 is 18.3 Å². The second-order valence-electron chi connectivity index (χ2n) is 28.7. The quantitative estimate of drug-likeness (QED) is 0.0114. The first-order valence-corrected chi connectivity index (χ1v) is 44.6. The number of hydrogen-bond acceptors (Lipinski definition) is 27. The van der Waals surface area contributed by atoms with Gasteiger partial charge in [0.05, 0.1) is 123 Å². The van der Waals surface area contributed by atoms with Crippen molar-refractivity contribution in [1.29, 1.82) is 0 Å². The van der Waals surface area contributed by atoms with Gasteiger partial charge < -0.3 is 57.6 Å². The number of ether oxygens (including phenoxy) is 3. The topological polar surface area (TPSA) is 419 Å². The maximum atomic E-state index is 12.9. The molecule has 6 heterocycles. The lowest BCUT2D eigenvalue weighted by Crippen LogP contribution is -2.37. The number of nitrogens with zero attached hydrogens (tertiary/aromatic N) is 12. The summed E-state index contributed by atoms with van der Waals surface area (Å²) in [5.74, 6) is -1.42. The minimum absolute atomic E-state index is 0.0195. The van der Waals surface area contributed by atoms with Crippen LogP contribution in [0.3, 0.4) is 0 Å². The summed E-state index contributed by atoms with van der Waals surface area (Å²) in [6.45, 7) is 9.86. The molecule has 31 nitrogen and oxygen atoms in total. The lowest BCUT2D eigenvalue weighted by atomic mass is 9.96. The molecule has 6 aromatic heterocycles. The Morgan fingerprint density at radius 1 is 0.457 bits per heavy atom. The summed E-state index contributed by atoms with van der Waals surface area (Å²) in [6.07, 6.45) is 5.30. The van der Waals surface area contributed by atoms with E-state index in [1.165, 1.54) is 44.9 Å². The number of nitrogens with one attached hydrogen (secondary N) is 6. The van der Waals surface area contributed by atoms with E-state index in [-0.39, 0.29) is 89.5 Å². The first kappa shape index (κ1) is 98.9. The predicted octanol–water partition coefficient (Wildman–Crippen LogP) is 17.0. The van der Waals surface area contributed by atoms with Crippen molar-refractivity contribution in [3.63, 3.8) is 0 Å². The number of hydrogen-bond donors (Lipinski definition) is 8. The van der Waals surface area contributed by atoms with Crippen LogP contribution in [0.25, 0.3) is 33.4 Å². The predicted molar refractivity (Wildman–Crippen MR) is 478 cm³/mol. The van der Waals surface area contributed by atoms with Crippen LogP contribution in [-0.4, -0.2) is 159 Å². The van der Waals surface area contributed by atoms with Crippen LogP contribution in [0.1, 0.15) is 71.1 Å². The number of methoxy groups -OCH3 is 3. The van der Waals surface area contributed by atoms with Crippen molar-refractivity contribution >= 4 is 151 Å². The van der Waals surface area contributed by atoms with Gasteiger partial charge in [0.25, 0.3) is 0 Å². The van der Waals surface area contributed by atoms with Gasteiger partial charge in [-0.15, -0.1) is 0 Å². The van der Waals surface area contributed by atoms with Gasteiger partial charge in [0, 0.05) is 69.4 Å². The van der Waals surface area contributed by atoms with E-state index in [0.717, 1.165) is 33.4 Å². The monoisotopic (exact) mass is 1890 g/mol. The van der Waals surface area contributed by atoms with Crippen molar-refractivity contribution in [3.05, 3.63) is 202 Å². The number of nitrogen functional groups attached to an aromatic ring is 1. The molecule has 6 aromatic carbocycles. The highest BCUT2D eigenvalue weighted by Gasteiger charge is 2.39. The fourth-order valence-corrected chi connectivity index (χ4v) is 16.3. The summed E-state index contributed by atoms with van der Waals surface area (Å²) in [5, 5.41) is 28.4. The number of nitrogens with two attached hydrogens (primary N) is 2. The molecule has 0 atom stereocenters.